The van der Waals surface area contributed by atoms with Crippen LogP contribution in [0.3, 0.4) is 0 Å². The van der Waals surface area contributed by atoms with Gasteiger partial charge in [0.25, 0.3) is 5.91 Å². The molecule has 0 aliphatic heterocycles. The number of nitrogens with one attached hydrogen (secondary N) is 1. The first-order valence-corrected chi connectivity index (χ1v) is 6.15. The highest BCUT2D eigenvalue weighted by Gasteiger charge is 2.06. The molecule has 1 aromatic heterocycles. The van der Waals surface area contributed by atoms with Crippen LogP contribution in [0.15, 0.2) is 36.4 Å². The summed E-state index contributed by atoms with van der Waals surface area (Å²) in [6.07, 6.45) is 1.82. The van der Waals surface area contributed by atoms with E-state index in [9.17, 15) is 4.79 Å². The summed E-state index contributed by atoms with van der Waals surface area (Å²) in [5.41, 5.74) is 6.69. The van der Waals surface area contributed by atoms with E-state index in [-0.39, 0.29) is 5.91 Å². The van der Waals surface area contributed by atoms with Crippen LogP contribution < -0.4 is 11.1 Å². The van der Waals surface area contributed by atoms with Gasteiger partial charge in [-0.3, -0.25) is 4.79 Å². The summed E-state index contributed by atoms with van der Waals surface area (Å²) in [4.78, 5) is 16.2. The van der Waals surface area contributed by atoms with Crippen LogP contribution in [0.2, 0.25) is 0 Å². The molecule has 0 aliphatic rings. The number of unbranched alkanes of at least 4 members (excludes halogenated alkanes) is 1. The van der Waals surface area contributed by atoms with Crippen LogP contribution in [0.4, 0.5) is 0 Å². The van der Waals surface area contributed by atoms with Crippen LogP contribution in [0.5, 0.6) is 0 Å². The molecule has 0 fully saturated rings. The molecular weight excluding hydrogens is 226 g/mol. The number of benzene rings is 1. The highest BCUT2D eigenvalue weighted by Crippen LogP contribution is 2.11. The molecule has 2 rings (SSSR count). The minimum atomic E-state index is -0.127. The smallest absolute Gasteiger partial charge is 0.269 e. The molecule has 2 aromatic rings. The summed E-state index contributed by atoms with van der Waals surface area (Å²) in [6, 6.07) is 11.4. The Kier molecular flexibility index (Phi) is 4.25. The normalized spacial score (nSPS) is 10.5. The topological polar surface area (TPSA) is 68.0 Å². The summed E-state index contributed by atoms with van der Waals surface area (Å²) in [6.45, 7) is 1.30. The van der Waals surface area contributed by atoms with Gasteiger partial charge in [0.05, 0.1) is 5.52 Å². The fourth-order valence-electron chi connectivity index (χ4n) is 1.75. The van der Waals surface area contributed by atoms with Gasteiger partial charge in [0, 0.05) is 11.9 Å². The van der Waals surface area contributed by atoms with Crippen molar-refractivity contribution in [3.05, 3.63) is 42.1 Å². The number of amides is 1. The molecule has 1 aromatic carbocycles. The fraction of sp³-hybridized carbons (Fsp3) is 0.286. The molecule has 4 heteroatoms. The molecule has 1 heterocycles. The van der Waals surface area contributed by atoms with Gasteiger partial charge in [-0.2, -0.15) is 0 Å². The Morgan fingerprint density at radius 3 is 2.83 bits per heavy atom. The Bertz CT molecular complexity index is 539. The molecule has 0 saturated heterocycles. The van der Waals surface area contributed by atoms with Crippen molar-refractivity contribution in [2.24, 2.45) is 5.73 Å². The van der Waals surface area contributed by atoms with Gasteiger partial charge in [0.2, 0.25) is 0 Å². The highest BCUT2D eigenvalue weighted by molar-refractivity contribution is 5.94. The van der Waals surface area contributed by atoms with E-state index in [1.165, 1.54) is 0 Å². The Balaban J connectivity index is 2.04. The molecular formula is C14H17N3O. The lowest BCUT2D eigenvalue weighted by Crippen LogP contribution is -2.25. The number of carbonyl (C=O) groups excluding carboxylic acids is 1. The number of carbonyl (C=O) groups is 1. The van der Waals surface area contributed by atoms with Gasteiger partial charge >= 0.3 is 0 Å². The average Bonchev–Trinajstić information content (AvgIpc) is 2.43. The standard InChI is InChI=1S/C14H17N3O/c15-9-3-4-10-16-14(18)13-8-7-11-5-1-2-6-12(11)17-13/h1-2,5-8H,3-4,9-10,15H2,(H,16,18). The number of hydrogen-bond acceptors (Lipinski definition) is 3. The van der Waals surface area contributed by atoms with Gasteiger partial charge < -0.3 is 11.1 Å². The van der Waals surface area contributed by atoms with Crippen molar-refractivity contribution in [1.82, 2.24) is 10.3 Å². The van der Waals surface area contributed by atoms with Gasteiger partial charge in [-0.25, -0.2) is 4.98 Å². The third-order valence-electron chi connectivity index (χ3n) is 2.75. The number of aromatic nitrogens is 1. The number of rotatable bonds is 5. The van der Waals surface area contributed by atoms with Crippen LogP contribution in [0, 0.1) is 0 Å². The molecule has 0 saturated carbocycles. The summed E-state index contributed by atoms with van der Waals surface area (Å²) in [5, 5.41) is 3.88. The lowest BCUT2D eigenvalue weighted by Gasteiger charge is -2.05. The fourth-order valence-corrected chi connectivity index (χ4v) is 1.75. The van der Waals surface area contributed by atoms with Crippen molar-refractivity contribution in [2.75, 3.05) is 13.1 Å². The van der Waals surface area contributed by atoms with Crippen LogP contribution in [0.25, 0.3) is 10.9 Å². The maximum atomic E-state index is 11.8. The second kappa shape index (κ2) is 6.12. The third-order valence-corrected chi connectivity index (χ3v) is 2.75. The molecule has 0 radical (unpaired) electrons. The molecule has 18 heavy (non-hydrogen) atoms. The zero-order valence-corrected chi connectivity index (χ0v) is 10.2. The number of nitrogens with two attached hydrogens (primary N) is 1. The second-order valence-corrected chi connectivity index (χ2v) is 4.14. The maximum absolute atomic E-state index is 11.8. The zero-order valence-electron chi connectivity index (χ0n) is 10.2. The first-order chi connectivity index (χ1) is 8.81. The van der Waals surface area contributed by atoms with Crippen molar-refractivity contribution < 1.29 is 4.79 Å². The lowest BCUT2D eigenvalue weighted by molar-refractivity contribution is 0.0948. The van der Waals surface area contributed by atoms with Crippen LogP contribution in [0.1, 0.15) is 23.3 Å². The maximum Gasteiger partial charge on any atom is 0.269 e. The van der Waals surface area contributed by atoms with Gasteiger partial charge in [0.1, 0.15) is 5.69 Å². The van der Waals surface area contributed by atoms with Crippen LogP contribution >= 0.6 is 0 Å². The number of nitrogens with zero attached hydrogens (tertiary/aromatic N) is 1. The molecule has 0 bridgehead atoms. The van der Waals surface area contributed by atoms with Crippen molar-refractivity contribution in [3.8, 4) is 0 Å². The van der Waals surface area contributed by atoms with Crippen molar-refractivity contribution in [1.29, 1.82) is 0 Å². The van der Waals surface area contributed by atoms with E-state index in [1.54, 1.807) is 6.07 Å². The van der Waals surface area contributed by atoms with Gasteiger partial charge in [0.15, 0.2) is 0 Å². The Hall–Kier alpha value is -1.94. The predicted octanol–water partition coefficient (Wildman–Crippen LogP) is 1.70. The third kappa shape index (κ3) is 3.05. The molecule has 0 unspecified atom stereocenters. The second-order valence-electron chi connectivity index (χ2n) is 4.14. The van der Waals surface area contributed by atoms with Gasteiger partial charge in [-0.05, 0) is 31.5 Å². The van der Waals surface area contributed by atoms with E-state index >= 15 is 0 Å². The first-order valence-electron chi connectivity index (χ1n) is 6.15. The minimum Gasteiger partial charge on any atom is -0.351 e. The molecule has 4 nitrogen and oxygen atoms in total. The van der Waals surface area contributed by atoms with Gasteiger partial charge in [-0.15, -0.1) is 0 Å². The van der Waals surface area contributed by atoms with Gasteiger partial charge in [-0.1, -0.05) is 24.3 Å². The molecule has 0 atom stereocenters. The predicted molar refractivity (Wildman–Crippen MR) is 72.4 cm³/mol. The van der Waals surface area contributed by atoms with E-state index in [0.717, 1.165) is 23.7 Å². The number of fused-ring (bicyclic) bond motifs is 1. The minimum absolute atomic E-state index is 0.127. The largest absolute Gasteiger partial charge is 0.351 e. The van der Waals surface area contributed by atoms with Crippen molar-refractivity contribution >= 4 is 16.8 Å². The molecule has 0 aliphatic carbocycles. The van der Waals surface area contributed by atoms with E-state index < -0.39 is 0 Å². The Labute approximate surface area is 106 Å². The quantitative estimate of drug-likeness (QED) is 0.785. The number of para-hydroxylation sites is 1. The van der Waals surface area contributed by atoms with E-state index in [0.29, 0.717) is 18.8 Å². The Morgan fingerprint density at radius 1 is 1.17 bits per heavy atom. The summed E-state index contributed by atoms with van der Waals surface area (Å²) in [5.74, 6) is -0.127. The van der Waals surface area contributed by atoms with Crippen molar-refractivity contribution in [2.45, 2.75) is 12.8 Å². The monoisotopic (exact) mass is 243 g/mol. The zero-order chi connectivity index (χ0) is 12.8. The highest BCUT2D eigenvalue weighted by atomic mass is 16.1. The summed E-state index contributed by atoms with van der Waals surface area (Å²) < 4.78 is 0. The first kappa shape index (κ1) is 12.5. The Morgan fingerprint density at radius 2 is 2.00 bits per heavy atom. The molecule has 3 N–H and O–H groups in total. The lowest BCUT2D eigenvalue weighted by atomic mass is 10.2. The number of hydrogen-bond donors (Lipinski definition) is 2. The van der Waals surface area contributed by atoms with Crippen LogP contribution in [-0.2, 0) is 0 Å². The van der Waals surface area contributed by atoms with Crippen LogP contribution in [-0.4, -0.2) is 24.0 Å². The van der Waals surface area contributed by atoms with Crippen molar-refractivity contribution in [3.63, 3.8) is 0 Å². The summed E-state index contributed by atoms with van der Waals surface area (Å²) >= 11 is 0. The molecule has 1 amide bonds. The average molecular weight is 243 g/mol. The summed E-state index contributed by atoms with van der Waals surface area (Å²) in [7, 11) is 0. The number of pyridine rings is 1. The molecule has 0 spiro atoms. The van der Waals surface area contributed by atoms with E-state index in [1.807, 2.05) is 30.3 Å². The van der Waals surface area contributed by atoms with E-state index in [2.05, 4.69) is 10.3 Å². The molecule has 94 valence electrons. The van der Waals surface area contributed by atoms with E-state index in [4.69, 9.17) is 5.73 Å². The SMILES string of the molecule is NCCCCNC(=O)c1ccc2ccccc2n1.